The van der Waals surface area contributed by atoms with Crippen LogP contribution in [0.25, 0.3) is 0 Å². The molecule has 0 saturated carbocycles. The molecular weight excluding hydrogens is 293 g/mol. The lowest BCUT2D eigenvalue weighted by Gasteiger charge is -2.15. The van der Waals surface area contributed by atoms with Gasteiger partial charge in [0.15, 0.2) is 0 Å². The maximum absolute atomic E-state index is 13.5. The van der Waals surface area contributed by atoms with Gasteiger partial charge in [0.25, 0.3) is 0 Å². The minimum atomic E-state index is -1.27. The van der Waals surface area contributed by atoms with Gasteiger partial charge >= 0.3 is 11.9 Å². The Hall–Kier alpha value is -2.44. The summed E-state index contributed by atoms with van der Waals surface area (Å²) in [6.45, 7) is 1.86. The largest absolute Gasteiger partial charge is 0.480 e. The lowest BCUT2D eigenvalue weighted by Crippen LogP contribution is -2.42. The van der Waals surface area contributed by atoms with E-state index in [4.69, 9.17) is 5.11 Å². The third-order valence-corrected chi connectivity index (χ3v) is 2.88. The average Bonchev–Trinajstić information content (AvgIpc) is 2.47. The third kappa shape index (κ3) is 5.90. The molecule has 1 aromatic rings. The molecule has 0 radical (unpaired) electrons. The smallest absolute Gasteiger partial charge is 0.326 e. The van der Waals surface area contributed by atoms with Crippen LogP contribution in [-0.4, -0.2) is 35.6 Å². The van der Waals surface area contributed by atoms with Crippen molar-refractivity contribution in [2.45, 2.75) is 32.2 Å². The molecule has 0 unspecified atom stereocenters. The van der Waals surface area contributed by atoms with E-state index in [1.807, 2.05) is 0 Å². The number of ether oxygens (including phenoxy) is 1. The van der Waals surface area contributed by atoms with Crippen molar-refractivity contribution < 1.29 is 28.6 Å². The molecule has 7 heteroatoms. The standard InChI is InChI=1S/C15H18FNO5/c1-2-22-14(19)8-7-13(18)17-12(15(20)21)9-10-5-3-4-6-11(10)16/h3-6,12H,2,7-9H2,1H3,(H,17,18)(H,20,21)/t12-/m1/s1. The van der Waals surface area contributed by atoms with E-state index in [0.29, 0.717) is 0 Å². The molecule has 1 amide bonds. The number of carbonyl (C=O) groups excluding carboxylic acids is 2. The van der Waals surface area contributed by atoms with Crippen LogP contribution in [0.2, 0.25) is 0 Å². The molecule has 0 bridgehead atoms. The Labute approximate surface area is 127 Å². The van der Waals surface area contributed by atoms with Gasteiger partial charge in [-0.05, 0) is 18.6 Å². The normalized spacial score (nSPS) is 11.5. The topological polar surface area (TPSA) is 92.7 Å². The Morgan fingerprint density at radius 3 is 2.55 bits per heavy atom. The van der Waals surface area contributed by atoms with E-state index in [-0.39, 0.29) is 31.4 Å². The summed E-state index contributed by atoms with van der Waals surface area (Å²) in [6.07, 6.45) is -0.487. The van der Waals surface area contributed by atoms with Gasteiger partial charge in [-0.15, -0.1) is 0 Å². The fraction of sp³-hybridized carbons (Fsp3) is 0.400. The first-order valence-electron chi connectivity index (χ1n) is 6.85. The number of nitrogens with one attached hydrogen (secondary N) is 1. The molecule has 0 saturated heterocycles. The Kier molecular flexibility index (Phi) is 7.01. The highest BCUT2D eigenvalue weighted by atomic mass is 19.1. The zero-order valence-corrected chi connectivity index (χ0v) is 12.2. The zero-order chi connectivity index (χ0) is 16.5. The maximum atomic E-state index is 13.5. The molecule has 22 heavy (non-hydrogen) atoms. The van der Waals surface area contributed by atoms with Crippen molar-refractivity contribution in [1.29, 1.82) is 0 Å². The van der Waals surface area contributed by atoms with Gasteiger partial charge < -0.3 is 15.2 Å². The van der Waals surface area contributed by atoms with E-state index in [1.165, 1.54) is 18.2 Å². The van der Waals surface area contributed by atoms with E-state index < -0.39 is 29.7 Å². The molecule has 0 spiro atoms. The Morgan fingerprint density at radius 1 is 1.27 bits per heavy atom. The van der Waals surface area contributed by atoms with Gasteiger partial charge in [-0.1, -0.05) is 18.2 Å². The third-order valence-electron chi connectivity index (χ3n) is 2.88. The number of rotatable bonds is 8. The molecule has 0 aliphatic heterocycles. The number of amides is 1. The minimum Gasteiger partial charge on any atom is -0.480 e. The van der Waals surface area contributed by atoms with Crippen LogP contribution < -0.4 is 5.32 Å². The highest BCUT2D eigenvalue weighted by Crippen LogP contribution is 2.09. The van der Waals surface area contributed by atoms with Crippen molar-refractivity contribution >= 4 is 17.8 Å². The van der Waals surface area contributed by atoms with Gasteiger partial charge in [0.2, 0.25) is 5.91 Å². The SMILES string of the molecule is CCOC(=O)CCC(=O)N[C@H](Cc1ccccc1F)C(=O)O. The molecule has 1 rings (SSSR count). The highest BCUT2D eigenvalue weighted by molar-refractivity contribution is 5.85. The van der Waals surface area contributed by atoms with Crippen LogP contribution in [0.15, 0.2) is 24.3 Å². The first-order chi connectivity index (χ1) is 10.4. The fourth-order valence-electron chi connectivity index (χ4n) is 1.80. The van der Waals surface area contributed by atoms with Crippen LogP contribution in [0.5, 0.6) is 0 Å². The first-order valence-corrected chi connectivity index (χ1v) is 6.85. The number of hydrogen-bond acceptors (Lipinski definition) is 4. The van der Waals surface area contributed by atoms with E-state index in [1.54, 1.807) is 13.0 Å². The molecule has 0 aliphatic carbocycles. The zero-order valence-electron chi connectivity index (χ0n) is 12.2. The first kappa shape index (κ1) is 17.6. The molecular formula is C15H18FNO5. The molecule has 0 aliphatic rings. The Bertz CT molecular complexity index is 546. The summed E-state index contributed by atoms with van der Waals surface area (Å²) in [4.78, 5) is 34.0. The van der Waals surface area contributed by atoms with Crippen LogP contribution >= 0.6 is 0 Å². The van der Waals surface area contributed by atoms with Crippen molar-refractivity contribution in [3.8, 4) is 0 Å². The van der Waals surface area contributed by atoms with Crippen molar-refractivity contribution in [3.05, 3.63) is 35.6 Å². The van der Waals surface area contributed by atoms with E-state index in [2.05, 4.69) is 10.1 Å². The number of aliphatic carboxylic acids is 1. The van der Waals surface area contributed by atoms with Crippen molar-refractivity contribution in [2.24, 2.45) is 0 Å². The number of hydrogen-bond donors (Lipinski definition) is 2. The fourth-order valence-corrected chi connectivity index (χ4v) is 1.80. The van der Waals surface area contributed by atoms with Gasteiger partial charge in [0, 0.05) is 12.8 Å². The number of esters is 1. The molecule has 0 heterocycles. The average molecular weight is 311 g/mol. The lowest BCUT2D eigenvalue weighted by atomic mass is 10.1. The van der Waals surface area contributed by atoms with Gasteiger partial charge in [-0.3, -0.25) is 9.59 Å². The van der Waals surface area contributed by atoms with Crippen molar-refractivity contribution in [2.75, 3.05) is 6.61 Å². The molecule has 2 N–H and O–H groups in total. The maximum Gasteiger partial charge on any atom is 0.326 e. The number of benzene rings is 1. The number of carbonyl (C=O) groups is 3. The van der Waals surface area contributed by atoms with Crippen molar-refractivity contribution in [1.82, 2.24) is 5.32 Å². The van der Waals surface area contributed by atoms with Crippen LogP contribution in [0.4, 0.5) is 4.39 Å². The number of carboxylic acid groups (broad SMARTS) is 1. The summed E-state index contributed by atoms with van der Waals surface area (Å²) in [5.74, 6) is -2.93. The predicted octanol–water partition coefficient (Wildman–Crippen LogP) is 1.28. The molecule has 0 aromatic heterocycles. The summed E-state index contributed by atoms with van der Waals surface area (Å²) in [7, 11) is 0. The van der Waals surface area contributed by atoms with Gasteiger partial charge in [0.1, 0.15) is 11.9 Å². The summed E-state index contributed by atoms with van der Waals surface area (Å²) in [5.41, 5.74) is 0.195. The van der Waals surface area contributed by atoms with E-state index in [0.717, 1.165) is 0 Å². The lowest BCUT2D eigenvalue weighted by molar-refractivity contribution is -0.144. The van der Waals surface area contributed by atoms with Gasteiger partial charge in [-0.2, -0.15) is 0 Å². The van der Waals surface area contributed by atoms with Crippen LogP contribution in [0.1, 0.15) is 25.3 Å². The highest BCUT2D eigenvalue weighted by Gasteiger charge is 2.22. The molecule has 0 fully saturated rings. The molecule has 120 valence electrons. The van der Waals surface area contributed by atoms with Crippen LogP contribution in [0.3, 0.4) is 0 Å². The minimum absolute atomic E-state index is 0.133. The molecule has 1 aromatic carbocycles. The quantitative estimate of drug-likeness (QED) is 0.706. The second-order valence-electron chi connectivity index (χ2n) is 4.56. The van der Waals surface area contributed by atoms with Crippen LogP contribution in [-0.2, 0) is 25.5 Å². The molecule has 6 nitrogen and oxygen atoms in total. The van der Waals surface area contributed by atoms with E-state index >= 15 is 0 Å². The van der Waals surface area contributed by atoms with Gasteiger partial charge in [0.05, 0.1) is 13.0 Å². The summed E-state index contributed by atoms with van der Waals surface area (Å²) < 4.78 is 18.2. The molecule has 1 atom stereocenters. The monoisotopic (exact) mass is 311 g/mol. The van der Waals surface area contributed by atoms with Gasteiger partial charge in [-0.25, -0.2) is 9.18 Å². The second kappa shape index (κ2) is 8.76. The Balaban J connectivity index is 2.58. The Morgan fingerprint density at radius 2 is 1.95 bits per heavy atom. The van der Waals surface area contributed by atoms with Crippen LogP contribution in [0, 0.1) is 5.82 Å². The number of carboxylic acids is 1. The van der Waals surface area contributed by atoms with E-state index in [9.17, 15) is 18.8 Å². The summed E-state index contributed by atoms with van der Waals surface area (Å²) >= 11 is 0. The number of halogens is 1. The van der Waals surface area contributed by atoms with Crippen molar-refractivity contribution in [3.63, 3.8) is 0 Å². The second-order valence-corrected chi connectivity index (χ2v) is 4.56. The summed E-state index contributed by atoms with van der Waals surface area (Å²) in [6, 6.07) is 4.49. The predicted molar refractivity (Wildman–Crippen MR) is 75.5 cm³/mol. The summed E-state index contributed by atoms with van der Waals surface area (Å²) in [5, 5.41) is 11.4.